The molecule has 0 unspecified atom stereocenters. The zero-order valence-corrected chi connectivity index (χ0v) is 16.3. The molecular formula is C18H20N2O7S. The third-order valence-electron chi connectivity index (χ3n) is 4.17. The number of esters is 1. The lowest BCUT2D eigenvalue weighted by molar-refractivity contribution is -0.387. The van der Waals surface area contributed by atoms with Crippen molar-refractivity contribution in [2.45, 2.75) is 17.9 Å². The highest BCUT2D eigenvalue weighted by Gasteiger charge is 2.34. The molecule has 9 nitrogen and oxygen atoms in total. The first kappa shape index (κ1) is 21.3. The fraction of sp³-hybridized carbons (Fsp3) is 0.278. The van der Waals surface area contributed by atoms with Crippen LogP contribution in [0.4, 0.5) is 5.69 Å². The van der Waals surface area contributed by atoms with Crippen LogP contribution in [0.2, 0.25) is 0 Å². The number of nitro groups is 1. The molecule has 0 fully saturated rings. The highest BCUT2D eigenvalue weighted by Crippen LogP contribution is 2.31. The molecule has 0 bridgehead atoms. The Morgan fingerprint density at radius 1 is 1.14 bits per heavy atom. The molecular weight excluding hydrogens is 388 g/mol. The summed E-state index contributed by atoms with van der Waals surface area (Å²) in [6, 6.07) is 10.9. The first-order chi connectivity index (χ1) is 13.2. The van der Waals surface area contributed by atoms with Crippen LogP contribution in [0.5, 0.6) is 5.75 Å². The number of rotatable bonds is 8. The summed E-state index contributed by atoms with van der Waals surface area (Å²) >= 11 is 0. The van der Waals surface area contributed by atoms with Crippen LogP contribution in [0.25, 0.3) is 0 Å². The first-order valence-corrected chi connectivity index (χ1v) is 9.67. The van der Waals surface area contributed by atoms with E-state index in [4.69, 9.17) is 9.47 Å². The van der Waals surface area contributed by atoms with E-state index >= 15 is 0 Å². The van der Waals surface area contributed by atoms with Crippen LogP contribution < -0.4 is 9.46 Å². The van der Waals surface area contributed by atoms with Crippen molar-refractivity contribution in [2.24, 2.45) is 5.92 Å². The second-order valence-electron chi connectivity index (χ2n) is 5.91. The third-order valence-corrected chi connectivity index (χ3v) is 5.65. The van der Waals surface area contributed by atoms with Gasteiger partial charge in [-0.3, -0.25) is 14.9 Å². The van der Waals surface area contributed by atoms with Crippen LogP contribution in [0.15, 0.2) is 53.4 Å². The minimum absolute atomic E-state index is 0.146. The number of methoxy groups -OCH3 is 2. The average molecular weight is 408 g/mol. The summed E-state index contributed by atoms with van der Waals surface area (Å²) in [5.74, 6) is -1.35. The summed E-state index contributed by atoms with van der Waals surface area (Å²) < 4.78 is 38.0. The second-order valence-corrected chi connectivity index (χ2v) is 7.59. The van der Waals surface area contributed by atoms with E-state index in [1.807, 2.05) is 0 Å². The quantitative estimate of drug-likeness (QED) is 0.404. The van der Waals surface area contributed by atoms with Gasteiger partial charge >= 0.3 is 5.97 Å². The van der Waals surface area contributed by atoms with Gasteiger partial charge in [0, 0.05) is 0 Å². The summed E-state index contributed by atoms with van der Waals surface area (Å²) in [7, 11) is -1.84. The summed E-state index contributed by atoms with van der Waals surface area (Å²) in [6.07, 6.45) is 0. The Morgan fingerprint density at radius 2 is 1.79 bits per heavy atom. The maximum Gasteiger partial charge on any atom is 0.310 e. The zero-order chi connectivity index (χ0) is 20.9. The van der Waals surface area contributed by atoms with Gasteiger partial charge in [0.05, 0.1) is 37.2 Å². The van der Waals surface area contributed by atoms with Crippen LogP contribution in [0.1, 0.15) is 18.5 Å². The molecule has 1 N–H and O–H groups in total. The number of carbonyl (C=O) groups excluding carboxylic acids is 1. The maximum atomic E-state index is 12.9. The summed E-state index contributed by atoms with van der Waals surface area (Å²) in [5, 5.41) is 11.4. The first-order valence-electron chi connectivity index (χ1n) is 8.18. The van der Waals surface area contributed by atoms with Crippen molar-refractivity contribution in [1.29, 1.82) is 0 Å². The smallest absolute Gasteiger partial charge is 0.310 e. The van der Waals surface area contributed by atoms with Crippen LogP contribution >= 0.6 is 0 Å². The van der Waals surface area contributed by atoms with Gasteiger partial charge in [-0.05, 0) is 17.7 Å². The Hall–Kier alpha value is -2.98. The number of benzene rings is 2. The Balaban J connectivity index is 2.51. The van der Waals surface area contributed by atoms with Gasteiger partial charge in [0.15, 0.2) is 4.90 Å². The molecule has 150 valence electrons. The van der Waals surface area contributed by atoms with Crippen LogP contribution in [0, 0.1) is 16.0 Å². The number of hydrogen-bond donors (Lipinski definition) is 1. The summed E-state index contributed by atoms with van der Waals surface area (Å²) in [4.78, 5) is 22.1. The second kappa shape index (κ2) is 8.81. The molecule has 2 atom stereocenters. The third kappa shape index (κ3) is 4.65. The van der Waals surface area contributed by atoms with E-state index in [1.165, 1.54) is 27.2 Å². The molecule has 2 rings (SSSR count). The van der Waals surface area contributed by atoms with E-state index in [1.54, 1.807) is 30.3 Å². The Morgan fingerprint density at radius 3 is 2.32 bits per heavy atom. The fourth-order valence-electron chi connectivity index (χ4n) is 2.67. The van der Waals surface area contributed by atoms with Crippen molar-refractivity contribution in [3.05, 3.63) is 64.2 Å². The molecule has 0 aliphatic rings. The van der Waals surface area contributed by atoms with Gasteiger partial charge in [-0.15, -0.1) is 0 Å². The van der Waals surface area contributed by atoms with Crippen LogP contribution in [-0.4, -0.2) is 33.5 Å². The van der Waals surface area contributed by atoms with E-state index in [0.717, 1.165) is 12.1 Å². The maximum absolute atomic E-state index is 12.9. The number of carbonyl (C=O) groups is 1. The van der Waals surface area contributed by atoms with Gasteiger partial charge in [-0.25, -0.2) is 13.1 Å². The number of nitrogens with zero attached hydrogens (tertiary/aromatic N) is 1. The highest BCUT2D eigenvalue weighted by atomic mass is 32.2. The predicted octanol–water partition coefficient (Wildman–Crippen LogP) is 2.43. The summed E-state index contributed by atoms with van der Waals surface area (Å²) in [6.45, 7) is 1.51. The minimum Gasteiger partial charge on any atom is -0.497 e. The topological polar surface area (TPSA) is 125 Å². The van der Waals surface area contributed by atoms with Gasteiger partial charge in [-0.1, -0.05) is 37.3 Å². The monoisotopic (exact) mass is 408 g/mol. The van der Waals surface area contributed by atoms with Gasteiger partial charge in [-0.2, -0.15) is 0 Å². The molecule has 0 spiro atoms. The van der Waals surface area contributed by atoms with Crippen molar-refractivity contribution in [3.8, 4) is 5.75 Å². The lowest BCUT2D eigenvalue weighted by Crippen LogP contribution is -2.36. The standard InChI is InChI=1S/C18H20N2O7S/c1-12(18(21)27-3)17(13-7-5-4-6-8-13)19-28(24,25)16-10-9-14(26-2)11-15(16)20(22)23/h4-12,17,19H,1-3H3/t12-,17+/m0/s1. The molecule has 0 aromatic heterocycles. The van der Waals surface area contributed by atoms with E-state index in [2.05, 4.69) is 4.72 Å². The number of nitrogens with one attached hydrogen (secondary N) is 1. The van der Waals surface area contributed by atoms with Crippen molar-refractivity contribution in [3.63, 3.8) is 0 Å². The van der Waals surface area contributed by atoms with E-state index in [9.17, 15) is 23.3 Å². The molecule has 10 heteroatoms. The number of sulfonamides is 1. The molecule has 0 aliphatic carbocycles. The zero-order valence-electron chi connectivity index (χ0n) is 15.5. The predicted molar refractivity (Wildman–Crippen MR) is 100 cm³/mol. The van der Waals surface area contributed by atoms with E-state index in [-0.39, 0.29) is 5.75 Å². The van der Waals surface area contributed by atoms with E-state index < -0.39 is 43.5 Å². The fourth-order valence-corrected chi connectivity index (χ4v) is 4.12. The van der Waals surface area contributed by atoms with Crippen molar-refractivity contribution < 1.29 is 27.6 Å². The van der Waals surface area contributed by atoms with Gasteiger partial charge in [0.1, 0.15) is 5.75 Å². The normalized spacial score (nSPS) is 13.4. The molecule has 0 heterocycles. The van der Waals surface area contributed by atoms with Gasteiger partial charge in [0.25, 0.3) is 5.69 Å². The SMILES string of the molecule is COC(=O)[C@@H](C)[C@@H](NS(=O)(=O)c1ccc(OC)cc1[N+](=O)[O-])c1ccccc1. The Labute approximate surface area is 162 Å². The molecule has 2 aromatic rings. The Bertz CT molecular complexity index is 961. The van der Waals surface area contributed by atoms with E-state index in [0.29, 0.717) is 5.56 Å². The molecule has 2 aromatic carbocycles. The lowest BCUT2D eigenvalue weighted by atomic mass is 9.95. The van der Waals surface area contributed by atoms with Gasteiger partial charge < -0.3 is 9.47 Å². The molecule has 0 radical (unpaired) electrons. The van der Waals surface area contributed by atoms with Crippen LogP contribution in [0.3, 0.4) is 0 Å². The molecule has 0 saturated heterocycles. The van der Waals surface area contributed by atoms with Crippen molar-refractivity contribution >= 4 is 21.7 Å². The van der Waals surface area contributed by atoms with Crippen molar-refractivity contribution in [1.82, 2.24) is 4.72 Å². The number of ether oxygens (including phenoxy) is 2. The number of hydrogen-bond acceptors (Lipinski definition) is 7. The van der Waals surface area contributed by atoms with Crippen LogP contribution in [-0.2, 0) is 19.6 Å². The molecule has 28 heavy (non-hydrogen) atoms. The lowest BCUT2D eigenvalue weighted by Gasteiger charge is -2.23. The number of nitro benzene ring substituents is 1. The highest BCUT2D eigenvalue weighted by molar-refractivity contribution is 7.89. The summed E-state index contributed by atoms with van der Waals surface area (Å²) in [5.41, 5.74) is -0.121. The molecule has 0 amide bonds. The average Bonchev–Trinajstić information content (AvgIpc) is 2.70. The Kier molecular flexibility index (Phi) is 6.71. The molecule has 0 saturated carbocycles. The van der Waals surface area contributed by atoms with Crippen molar-refractivity contribution in [2.75, 3.05) is 14.2 Å². The minimum atomic E-state index is -4.35. The molecule has 0 aliphatic heterocycles. The van der Waals surface area contributed by atoms with Gasteiger partial charge in [0.2, 0.25) is 10.0 Å². The largest absolute Gasteiger partial charge is 0.497 e.